The molecular formula is C16H25FN2O. The number of piperidine rings is 1. The van der Waals surface area contributed by atoms with Gasteiger partial charge in [0.15, 0.2) is 0 Å². The van der Waals surface area contributed by atoms with Crippen LogP contribution in [0.5, 0.6) is 5.75 Å². The molecule has 0 radical (unpaired) electrons. The molecule has 0 spiro atoms. The van der Waals surface area contributed by atoms with Crippen molar-refractivity contribution in [3.63, 3.8) is 0 Å². The molecule has 0 bridgehead atoms. The molecule has 20 heavy (non-hydrogen) atoms. The Bertz CT molecular complexity index is 444. The average molecular weight is 280 g/mol. The molecule has 1 aliphatic rings. The SMILES string of the molecule is CC(c1ccc(O)cc1F)N(C)CC1CCN(C)CC1. The monoisotopic (exact) mass is 280 g/mol. The Morgan fingerprint density at radius 1 is 1.40 bits per heavy atom. The lowest BCUT2D eigenvalue weighted by atomic mass is 9.95. The van der Waals surface area contributed by atoms with Gasteiger partial charge in [-0.15, -0.1) is 0 Å². The van der Waals surface area contributed by atoms with Crippen LogP contribution < -0.4 is 0 Å². The van der Waals surface area contributed by atoms with Crippen LogP contribution in [-0.2, 0) is 0 Å². The van der Waals surface area contributed by atoms with Crippen molar-refractivity contribution >= 4 is 0 Å². The Morgan fingerprint density at radius 3 is 2.65 bits per heavy atom. The van der Waals surface area contributed by atoms with Gasteiger partial charge in [-0.25, -0.2) is 4.39 Å². The fraction of sp³-hybridized carbons (Fsp3) is 0.625. The van der Waals surface area contributed by atoms with E-state index in [9.17, 15) is 9.50 Å². The van der Waals surface area contributed by atoms with Crippen LogP contribution in [0.2, 0.25) is 0 Å². The number of halogens is 1. The molecule has 112 valence electrons. The summed E-state index contributed by atoms with van der Waals surface area (Å²) in [6.07, 6.45) is 2.43. The zero-order valence-corrected chi connectivity index (χ0v) is 12.6. The molecule has 0 saturated carbocycles. The molecule has 3 nitrogen and oxygen atoms in total. The van der Waals surface area contributed by atoms with Gasteiger partial charge in [-0.2, -0.15) is 0 Å². The van der Waals surface area contributed by atoms with E-state index in [1.807, 2.05) is 6.92 Å². The van der Waals surface area contributed by atoms with Gasteiger partial charge in [0.2, 0.25) is 0 Å². The average Bonchev–Trinajstić information content (AvgIpc) is 2.40. The zero-order valence-electron chi connectivity index (χ0n) is 12.6. The number of nitrogens with zero attached hydrogens (tertiary/aromatic N) is 2. The molecule has 4 heteroatoms. The molecule has 1 fully saturated rings. The summed E-state index contributed by atoms with van der Waals surface area (Å²) >= 11 is 0. The fourth-order valence-electron chi connectivity index (χ4n) is 2.90. The zero-order chi connectivity index (χ0) is 14.7. The minimum Gasteiger partial charge on any atom is -0.508 e. The van der Waals surface area contributed by atoms with Gasteiger partial charge in [0.25, 0.3) is 0 Å². The van der Waals surface area contributed by atoms with Gasteiger partial charge >= 0.3 is 0 Å². The summed E-state index contributed by atoms with van der Waals surface area (Å²) < 4.78 is 13.9. The molecule has 2 rings (SSSR count). The number of likely N-dealkylation sites (tertiary alicyclic amines) is 1. The van der Waals surface area contributed by atoms with Crippen LogP contribution in [0.3, 0.4) is 0 Å². The third-order valence-electron chi connectivity index (χ3n) is 4.48. The van der Waals surface area contributed by atoms with Crippen LogP contribution in [0.25, 0.3) is 0 Å². The van der Waals surface area contributed by atoms with Crippen molar-refractivity contribution in [3.05, 3.63) is 29.6 Å². The van der Waals surface area contributed by atoms with E-state index < -0.39 is 0 Å². The minimum atomic E-state index is -0.326. The van der Waals surface area contributed by atoms with Crippen molar-refractivity contribution in [2.45, 2.75) is 25.8 Å². The number of rotatable bonds is 4. The predicted molar refractivity (Wildman–Crippen MR) is 79.3 cm³/mol. The van der Waals surface area contributed by atoms with E-state index in [4.69, 9.17) is 0 Å². The molecule has 0 aromatic heterocycles. The van der Waals surface area contributed by atoms with Crippen molar-refractivity contribution in [2.24, 2.45) is 5.92 Å². The standard InChI is InChI=1S/C16H25FN2O/c1-12(15-5-4-14(20)10-16(15)17)19(3)11-13-6-8-18(2)9-7-13/h4-5,10,12-13,20H,6-9,11H2,1-3H3. The van der Waals surface area contributed by atoms with E-state index in [1.165, 1.54) is 18.9 Å². The van der Waals surface area contributed by atoms with E-state index in [2.05, 4.69) is 23.9 Å². The Labute approximate surface area is 121 Å². The van der Waals surface area contributed by atoms with Crippen LogP contribution in [-0.4, -0.2) is 48.6 Å². The van der Waals surface area contributed by atoms with Gasteiger partial charge in [0, 0.05) is 24.2 Å². The minimum absolute atomic E-state index is 0.0172. The molecule has 1 aromatic carbocycles. The lowest BCUT2D eigenvalue weighted by Gasteiger charge is -2.34. The summed E-state index contributed by atoms with van der Waals surface area (Å²) in [6, 6.07) is 4.45. The number of hydrogen-bond donors (Lipinski definition) is 1. The Kier molecular flexibility index (Phi) is 5.00. The first-order valence-corrected chi connectivity index (χ1v) is 7.34. The first-order valence-electron chi connectivity index (χ1n) is 7.34. The highest BCUT2D eigenvalue weighted by Crippen LogP contribution is 2.27. The maximum Gasteiger partial charge on any atom is 0.131 e. The number of phenolic OH excluding ortho intramolecular Hbond substituents is 1. The Morgan fingerprint density at radius 2 is 2.05 bits per heavy atom. The Hall–Kier alpha value is -1.13. The third kappa shape index (κ3) is 3.70. The first-order chi connectivity index (χ1) is 9.47. The van der Waals surface area contributed by atoms with Crippen LogP contribution in [0.15, 0.2) is 18.2 Å². The maximum absolute atomic E-state index is 13.9. The molecule has 0 amide bonds. The topological polar surface area (TPSA) is 26.7 Å². The number of benzene rings is 1. The summed E-state index contributed by atoms with van der Waals surface area (Å²) in [5, 5.41) is 9.29. The van der Waals surface area contributed by atoms with E-state index in [-0.39, 0.29) is 17.6 Å². The summed E-state index contributed by atoms with van der Waals surface area (Å²) in [7, 11) is 4.21. The Balaban J connectivity index is 1.96. The fourth-order valence-corrected chi connectivity index (χ4v) is 2.90. The second kappa shape index (κ2) is 6.55. The normalized spacial score (nSPS) is 19.4. The maximum atomic E-state index is 13.9. The second-order valence-corrected chi connectivity index (χ2v) is 6.07. The quantitative estimate of drug-likeness (QED) is 0.918. The molecule has 1 saturated heterocycles. The predicted octanol–water partition coefficient (Wildman–Crippen LogP) is 2.87. The van der Waals surface area contributed by atoms with Crippen molar-refractivity contribution in [3.8, 4) is 5.75 Å². The molecule has 1 unspecified atom stereocenters. The summed E-state index contributed by atoms with van der Waals surface area (Å²) in [5.41, 5.74) is 0.651. The highest BCUT2D eigenvalue weighted by atomic mass is 19.1. The van der Waals surface area contributed by atoms with Gasteiger partial charge < -0.3 is 10.0 Å². The van der Waals surface area contributed by atoms with Gasteiger partial charge in [-0.05, 0) is 58.9 Å². The molecule has 1 aromatic rings. The number of hydrogen-bond acceptors (Lipinski definition) is 3. The third-order valence-corrected chi connectivity index (χ3v) is 4.48. The van der Waals surface area contributed by atoms with Crippen LogP contribution in [0.4, 0.5) is 4.39 Å². The summed E-state index contributed by atoms with van der Waals surface area (Å²) in [5.74, 6) is 0.350. The number of aromatic hydroxyl groups is 1. The largest absolute Gasteiger partial charge is 0.508 e. The lowest BCUT2D eigenvalue weighted by molar-refractivity contribution is 0.154. The highest BCUT2D eigenvalue weighted by Gasteiger charge is 2.22. The van der Waals surface area contributed by atoms with E-state index >= 15 is 0 Å². The molecule has 1 heterocycles. The van der Waals surface area contributed by atoms with Crippen LogP contribution in [0.1, 0.15) is 31.4 Å². The lowest BCUT2D eigenvalue weighted by Crippen LogP contribution is -2.36. The summed E-state index contributed by atoms with van der Waals surface area (Å²) in [6.45, 7) is 5.32. The number of phenols is 1. The molecule has 1 atom stereocenters. The molecule has 0 aliphatic carbocycles. The molecule has 1 N–H and O–H groups in total. The van der Waals surface area contributed by atoms with Crippen LogP contribution >= 0.6 is 0 Å². The smallest absolute Gasteiger partial charge is 0.131 e. The van der Waals surface area contributed by atoms with E-state index in [0.717, 1.165) is 19.6 Å². The molecule has 1 aliphatic heterocycles. The van der Waals surface area contributed by atoms with Gasteiger partial charge in [0.1, 0.15) is 11.6 Å². The van der Waals surface area contributed by atoms with Crippen molar-refractivity contribution in [2.75, 3.05) is 33.7 Å². The van der Waals surface area contributed by atoms with Crippen molar-refractivity contribution in [1.82, 2.24) is 9.80 Å². The van der Waals surface area contributed by atoms with E-state index in [0.29, 0.717) is 11.5 Å². The van der Waals surface area contributed by atoms with Crippen LogP contribution in [0, 0.1) is 11.7 Å². The first kappa shape index (κ1) is 15.3. The van der Waals surface area contributed by atoms with Gasteiger partial charge in [-0.3, -0.25) is 4.90 Å². The second-order valence-electron chi connectivity index (χ2n) is 6.07. The molecular weight excluding hydrogens is 255 g/mol. The van der Waals surface area contributed by atoms with Crippen molar-refractivity contribution in [1.29, 1.82) is 0 Å². The van der Waals surface area contributed by atoms with Crippen molar-refractivity contribution < 1.29 is 9.50 Å². The van der Waals surface area contributed by atoms with Gasteiger partial charge in [0.05, 0.1) is 0 Å². The highest BCUT2D eigenvalue weighted by molar-refractivity contribution is 5.29. The summed E-state index contributed by atoms with van der Waals surface area (Å²) in [4.78, 5) is 4.57. The van der Waals surface area contributed by atoms with Gasteiger partial charge in [-0.1, -0.05) is 6.07 Å². The van der Waals surface area contributed by atoms with E-state index in [1.54, 1.807) is 12.1 Å².